The van der Waals surface area contributed by atoms with Gasteiger partial charge in [0.05, 0.1) is 21.2 Å². The van der Waals surface area contributed by atoms with Crippen molar-refractivity contribution in [2.24, 2.45) is 0 Å². The van der Waals surface area contributed by atoms with Gasteiger partial charge in [0, 0.05) is 12.6 Å². The molecule has 1 aliphatic heterocycles. The number of para-hydroxylation sites is 1. The lowest BCUT2D eigenvalue weighted by atomic mass is 10.1. The summed E-state index contributed by atoms with van der Waals surface area (Å²) in [4.78, 5) is 39.4. The predicted molar refractivity (Wildman–Crippen MR) is 91.4 cm³/mol. The van der Waals surface area contributed by atoms with Gasteiger partial charge in [-0.2, -0.15) is 0 Å². The van der Waals surface area contributed by atoms with Crippen LogP contribution in [-0.2, 0) is 4.79 Å². The molecule has 0 spiro atoms. The fraction of sp³-hybridized carbons (Fsp3) is 0.118. The van der Waals surface area contributed by atoms with Crippen molar-refractivity contribution in [2.75, 3.05) is 11.6 Å². The van der Waals surface area contributed by atoms with E-state index in [1.54, 1.807) is 24.3 Å². The Bertz CT molecular complexity index is 811. The Hall–Kier alpha value is -2.37. The molecule has 2 aromatic rings. The fourth-order valence-corrected chi connectivity index (χ4v) is 2.85. The molecule has 0 aromatic heterocycles. The highest BCUT2D eigenvalue weighted by Crippen LogP contribution is 2.32. The number of imide groups is 1. The largest absolute Gasteiger partial charge is 0.294 e. The number of benzene rings is 2. The quantitative estimate of drug-likeness (QED) is 0.783. The van der Waals surface area contributed by atoms with Crippen LogP contribution in [-0.4, -0.2) is 29.3 Å². The number of carbonyl (C=O) groups excluding carboxylic acids is 3. The van der Waals surface area contributed by atoms with Crippen molar-refractivity contribution in [1.82, 2.24) is 4.90 Å². The van der Waals surface area contributed by atoms with E-state index in [1.807, 2.05) is 6.07 Å². The van der Waals surface area contributed by atoms with Crippen LogP contribution in [0.1, 0.15) is 27.6 Å². The zero-order valence-electron chi connectivity index (χ0n) is 12.6. The van der Waals surface area contributed by atoms with Gasteiger partial charge in [0.25, 0.3) is 11.8 Å². The Balaban J connectivity index is 1.94. The van der Waals surface area contributed by atoms with E-state index in [9.17, 15) is 14.4 Å². The summed E-state index contributed by atoms with van der Waals surface area (Å²) in [5.74, 6) is -1.29. The second kappa shape index (κ2) is 6.26. The van der Waals surface area contributed by atoms with Crippen LogP contribution in [0.4, 0.5) is 5.69 Å². The summed E-state index contributed by atoms with van der Waals surface area (Å²) in [6, 6.07) is 11.6. The minimum atomic E-state index is -0.504. The van der Waals surface area contributed by atoms with Crippen molar-refractivity contribution in [3.8, 4) is 0 Å². The van der Waals surface area contributed by atoms with Crippen LogP contribution < -0.4 is 4.90 Å². The van der Waals surface area contributed by atoms with Crippen molar-refractivity contribution >= 4 is 46.6 Å². The predicted octanol–water partition coefficient (Wildman–Crippen LogP) is 3.60. The van der Waals surface area contributed by atoms with Crippen molar-refractivity contribution < 1.29 is 14.4 Å². The van der Waals surface area contributed by atoms with Gasteiger partial charge in [-0.1, -0.05) is 41.4 Å². The molecule has 122 valence electrons. The summed E-state index contributed by atoms with van der Waals surface area (Å²) in [5, 5.41) is 0.398. The maximum Gasteiger partial charge on any atom is 0.263 e. The topological polar surface area (TPSA) is 57.7 Å². The molecule has 7 heteroatoms. The Morgan fingerprint density at radius 1 is 1.00 bits per heavy atom. The number of fused-ring (bicyclic) bond motifs is 1. The van der Waals surface area contributed by atoms with Gasteiger partial charge >= 0.3 is 0 Å². The van der Waals surface area contributed by atoms with Gasteiger partial charge in [-0.3, -0.25) is 24.2 Å². The zero-order chi connectivity index (χ0) is 17.4. The summed E-state index contributed by atoms with van der Waals surface area (Å²) in [6.45, 7) is 1.19. The number of halogens is 2. The van der Waals surface area contributed by atoms with Crippen LogP contribution in [0.15, 0.2) is 42.5 Å². The number of amides is 3. The number of nitrogens with zero attached hydrogens (tertiary/aromatic N) is 2. The molecule has 0 aliphatic carbocycles. The molecule has 5 nitrogen and oxygen atoms in total. The molecule has 0 saturated heterocycles. The van der Waals surface area contributed by atoms with E-state index in [4.69, 9.17) is 23.2 Å². The minimum Gasteiger partial charge on any atom is -0.294 e. The Kier molecular flexibility index (Phi) is 4.30. The summed E-state index contributed by atoms with van der Waals surface area (Å²) < 4.78 is 0. The normalized spacial score (nSPS) is 13.2. The second-order valence-corrected chi connectivity index (χ2v) is 6.09. The smallest absolute Gasteiger partial charge is 0.263 e. The molecule has 3 rings (SSSR count). The van der Waals surface area contributed by atoms with Gasteiger partial charge < -0.3 is 0 Å². The fourth-order valence-electron chi connectivity index (χ4n) is 2.52. The van der Waals surface area contributed by atoms with Crippen LogP contribution in [0.2, 0.25) is 10.0 Å². The van der Waals surface area contributed by atoms with E-state index in [1.165, 1.54) is 24.0 Å². The van der Waals surface area contributed by atoms with Crippen molar-refractivity contribution in [1.29, 1.82) is 0 Å². The van der Waals surface area contributed by atoms with Gasteiger partial charge in [-0.05, 0) is 24.3 Å². The molecule has 0 fully saturated rings. The van der Waals surface area contributed by atoms with E-state index in [2.05, 4.69) is 0 Å². The van der Waals surface area contributed by atoms with Gasteiger partial charge in [0.1, 0.15) is 6.67 Å². The Morgan fingerprint density at radius 2 is 1.50 bits per heavy atom. The van der Waals surface area contributed by atoms with E-state index < -0.39 is 11.8 Å². The van der Waals surface area contributed by atoms with E-state index in [0.29, 0.717) is 5.69 Å². The van der Waals surface area contributed by atoms with Crippen LogP contribution in [0, 0.1) is 0 Å². The lowest BCUT2D eigenvalue weighted by Gasteiger charge is -2.25. The molecule has 0 N–H and O–H groups in total. The third kappa shape index (κ3) is 2.77. The summed E-state index contributed by atoms with van der Waals surface area (Å²) in [7, 11) is 0. The highest BCUT2D eigenvalue weighted by molar-refractivity contribution is 6.43. The molecule has 0 saturated carbocycles. The maximum absolute atomic E-state index is 12.5. The number of hydrogen-bond acceptors (Lipinski definition) is 3. The molecular weight excluding hydrogens is 351 g/mol. The Labute approximate surface area is 148 Å². The first-order chi connectivity index (χ1) is 11.4. The number of carbonyl (C=O) groups is 3. The second-order valence-electron chi connectivity index (χ2n) is 5.27. The van der Waals surface area contributed by atoms with Gasteiger partial charge in [0.15, 0.2) is 0 Å². The van der Waals surface area contributed by atoms with Crippen LogP contribution in [0.25, 0.3) is 0 Å². The maximum atomic E-state index is 12.5. The summed E-state index contributed by atoms with van der Waals surface area (Å²) >= 11 is 11.9. The molecule has 3 amide bonds. The summed E-state index contributed by atoms with van der Waals surface area (Å²) in [6.07, 6.45) is 0. The number of anilines is 1. The average Bonchev–Trinajstić information content (AvgIpc) is 2.77. The molecule has 1 heterocycles. The lowest BCUT2D eigenvalue weighted by Crippen LogP contribution is -2.43. The van der Waals surface area contributed by atoms with Crippen molar-refractivity contribution in [2.45, 2.75) is 6.92 Å². The van der Waals surface area contributed by atoms with Crippen LogP contribution >= 0.6 is 23.2 Å². The van der Waals surface area contributed by atoms with Gasteiger partial charge in [-0.25, -0.2) is 0 Å². The first kappa shape index (κ1) is 16.5. The molecule has 2 aromatic carbocycles. The van der Waals surface area contributed by atoms with Crippen LogP contribution in [0.5, 0.6) is 0 Å². The molecule has 1 aliphatic rings. The van der Waals surface area contributed by atoms with Gasteiger partial charge in [-0.15, -0.1) is 0 Å². The van der Waals surface area contributed by atoms with E-state index >= 15 is 0 Å². The molecule has 0 radical (unpaired) electrons. The SMILES string of the molecule is CC(=O)N(CN1C(=O)c2cc(Cl)c(Cl)cc2C1=O)c1ccccc1. The van der Waals surface area contributed by atoms with Gasteiger partial charge in [0.2, 0.25) is 5.91 Å². The average molecular weight is 363 g/mol. The molecule has 24 heavy (non-hydrogen) atoms. The molecule has 0 atom stereocenters. The first-order valence-electron chi connectivity index (χ1n) is 7.08. The van der Waals surface area contributed by atoms with Crippen molar-refractivity contribution in [3.63, 3.8) is 0 Å². The van der Waals surface area contributed by atoms with E-state index in [-0.39, 0.29) is 33.7 Å². The monoisotopic (exact) mass is 362 g/mol. The molecule has 0 unspecified atom stereocenters. The molecular formula is C17H12Cl2N2O3. The lowest BCUT2D eigenvalue weighted by molar-refractivity contribution is -0.116. The van der Waals surface area contributed by atoms with Crippen molar-refractivity contribution in [3.05, 3.63) is 63.6 Å². The highest BCUT2D eigenvalue weighted by Gasteiger charge is 2.37. The third-order valence-electron chi connectivity index (χ3n) is 3.74. The zero-order valence-corrected chi connectivity index (χ0v) is 14.1. The van der Waals surface area contributed by atoms with Crippen LogP contribution in [0.3, 0.4) is 0 Å². The number of rotatable bonds is 3. The minimum absolute atomic E-state index is 0.180. The first-order valence-corrected chi connectivity index (χ1v) is 7.84. The Morgan fingerprint density at radius 3 is 1.96 bits per heavy atom. The third-order valence-corrected chi connectivity index (χ3v) is 4.46. The number of hydrogen-bond donors (Lipinski definition) is 0. The summed E-state index contributed by atoms with van der Waals surface area (Å²) in [5.41, 5.74) is 0.967. The standard InChI is InChI=1S/C17H12Cl2N2O3/c1-10(22)20(11-5-3-2-4-6-11)9-21-16(23)12-7-14(18)15(19)8-13(12)17(21)24/h2-8H,9H2,1H3. The molecule has 0 bridgehead atoms. The highest BCUT2D eigenvalue weighted by atomic mass is 35.5. The van der Waals surface area contributed by atoms with E-state index in [0.717, 1.165) is 4.90 Å².